The average molecular weight is 271 g/mol. The third-order valence-electron chi connectivity index (χ3n) is 3.13. The predicted molar refractivity (Wildman–Crippen MR) is 69.4 cm³/mol. The van der Waals surface area contributed by atoms with Gasteiger partial charge in [0.25, 0.3) is 5.91 Å². The Morgan fingerprint density at radius 1 is 1.56 bits per heavy atom. The molecule has 2 atom stereocenters. The van der Waals surface area contributed by atoms with E-state index in [1.165, 1.54) is 12.1 Å². The second-order valence-electron chi connectivity index (χ2n) is 4.67. The standard InChI is InChI=1S/C13H16ClFN2O/c1-8-6-10(4-5-16-8)17-13(18)11-3-2-9(15)7-12(11)14/h2-3,7-8,10,16H,4-6H2,1H3,(H,17,18). The van der Waals surface area contributed by atoms with E-state index < -0.39 is 5.82 Å². The lowest BCUT2D eigenvalue weighted by atomic mass is 10.0. The van der Waals surface area contributed by atoms with Crippen LogP contribution in [-0.4, -0.2) is 24.5 Å². The highest BCUT2D eigenvalue weighted by molar-refractivity contribution is 6.33. The Morgan fingerprint density at radius 3 is 3.00 bits per heavy atom. The monoisotopic (exact) mass is 270 g/mol. The number of piperidine rings is 1. The molecule has 18 heavy (non-hydrogen) atoms. The van der Waals surface area contributed by atoms with Crippen LogP contribution in [0.5, 0.6) is 0 Å². The molecule has 2 rings (SSSR count). The first-order chi connectivity index (χ1) is 8.56. The summed E-state index contributed by atoms with van der Waals surface area (Å²) in [6.45, 7) is 2.98. The molecule has 0 aromatic heterocycles. The van der Waals surface area contributed by atoms with Crippen molar-refractivity contribution < 1.29 is 9.18 Å². The summed E-state index contributed by atoms with van der Waals surface area (Å²) < 4.78 is 12.9. The van der Waals surface area contributed by atoms with Gasteiger partial charge in [0, 0.05) is 12.1 Å². The lowest BCUT2D eigenvalue weighted by Gasteiger charge is -2.28. The van der Waals surface area contributed by atoms with Crippen molar-refractivity contribution in [3.8, 4) is 0 Å². The molecule has 1 aliphatic rings. The molecular formula is C13H16ClFN2O. The quantitative estimate of drug-likeness (QED) is 0.866. The molecule has 1 fully saturated rings. The first-order valence-electron chi connectivity index (χ1n) is 6.05. The molecule has 1 amide bonds. The van der Waals surface area contributed by atoms with Crippen molar-refractivity contribution in [3.63, 3.8) is 0 Å². The van der Waals surface area contributed by atoms with Gasteiger partial charge in [0.05, 0.1) is 10.6 Å². The number of hydrogen-bond donors (Lipinski definition) is 2. The van der Waals surface area contributed by atoms with Gasteiger partial charge in [-0.05, 0) is 44.5 Å². The van der Waals surface area contributed by atoms with Crippen molar-refractivity contribution in [1.82, 2.24) is 10.6 Å². The molecule has 1 saturated heterocycles. The maximum atomic E-state index is 12.9. The Labute approximate surface area is 111 Å². The fraction of sp³-hybridized carbons (Fsp3) is 0.462. The highest BCUT2D eigenvalue weighted by Crippen LogP contribution is 2.18. The molecule has 0 radical (unpaired) electrons. The van der Waals surface area contributed by atoms with E-state index in [0.717, 1.165) is 25.5 Å². The third kappa shape index (κ3) is 3.21. The van der Waals surface area contributed by atoms with Crippen LogP contribution in [0.1, 0.15) is 30.1 Å². The van der Waals surface area contributed by atoms with E-state index in [1.54, 1.807) is 0 Å². The van der Waals surface area contributed by atoms with Crippen LogP contribution in [0, 0.1) is 5.82 Å². The third-order valence-corrected chi connectivity index (χ3v) is 3.45. The minimum absolute atomic E-state index is 0.148. The highest BCUT2D eigenvalue weighted by Gasteiger charge is 2.21. The summed E-state index contributed by atoms with van der Waals surface area (Å²) in [4.78, 5) is 12.0. The molecule has 0 bridgehead atoms. The Balaban J connectivity index is 2.03. The number of hydrogen-bond acceptors (Lipinski definition) is 2. The van der Waals surface area contributed by atoms with E-state index in [9.17, 15) is 9.18 Å². The normalized spacial score (nSPS) is 23.7. The topological polar surface area (TPSA) is 41.1 Å². The summed E-state index contributed by atoms with van der Waals surface area (Å²) in [5.41, 5.74) is 0.323. The van der Waals surface area contributed by atoms with Crippen molar-refractivity contribution in [2.24, 2.45) is 0 Å². The lowest BCUT2D eigenvalue weighted by molar-refractivity contribution is 0.0926. The van der Waals surface area contributed by atoms with Crippen molar-refractivity contribution in [2.45, 2.75) is 31.8 Å². The van der Waals surface area contributed by atoms with E-state index in [-0.39, 0.29) is 17.0 Å². The van der Waals surface area contributed by atoms with Crippen LogP contribution in [-0.2, 0) is 0 Å². The first kappa shape index (κ1) is 13.3. The van der Waals surface area contributed by atoms with Crippen LogP contribution in [0.25, 0.3) is 0 Å². The lowest BCUT2D eigenvalue weighted by Crippen LogP contribution is -2.46. The number of carbonyl (C=O) groups excluding carboxylic acids is 1. The van der Waals surface area contributed by atoms with Crippen LogP contribution in [0.2, 0.25) is 5.02 Å². The van der Waals surface area contributed by atoms with Gasteiger partial charge in [-0.3, -0.25) is 4.79 Å². The number of rotatable bonds is 2. The first-order valence-corrected chi connectivity index (χ1v) is 6.43. The fourth-order valence-electron chi connectivity index (χ4n) is 2.20. The number of amides is 1. The average Bonchev–Trinajstić information content (AvgIpc) is 2.28. The fourth-order valence-corrected chi connectivity index (χ4v) is 2.45. The minimum atomic E-state index is -0.438. The molecule has 98 valence electrons. The smallest absolute Gasteiger partial charge is 0.253 e. The maximum absolute atomic E-state index is 12.9. The van der Waals surface area contributed by atoms with Crippen molar-refractivity contribution in [2.75, 3.05) is 6.54 Å². The Kier molecular flexibility index (Phi) is 4.19. The molecule has 0 saturated carbocycles. The number of halogens is 2. The van der Waals surface area contributed by atoms with E-state index in [0.29, 0.717) is 11.6 Å². The highest BCUT2D eigenvalue weighted by atomic mass is 35.5. The molecular weight excluding hydrogens is 255 g/mol. The van der Waals surface area contributed by atoms with Gasteiger partial charge in [-0.2, -0.15) is 0 Å². The van der Waals surface area contributed by atoms with Crippen molar-refractivity contribution >= 4 is 17.5 Å². The summed E-state index contributed by atoms with van der Waals surface area (Å²) in [6, 6.07) is 4.35. The molecule has 1 aromatic rings. The Hall–Kier alpha value is -1.13. The minimum Gasteiger partial charge on any atom is -0.349 e. The van der Waals surface area contributed by atoms with Crippen LogP contribution in [0.3, 0.4) is 0 Å². The Bertz CT molecular complexity index is 453. The Morgan fingerprint density at radius 2 is 2.33 bits per heavy atom. The van der Waals surface area contributed by atoms with Gasteiger partial charge >= 0.3 is 0 Å². The largest absolute Gasteiger partial charge is 0.349 e. The molecule has 2 unspecified atom stereocenters. The zero-order valence-electron chi connectivity index (χ0n) is 10.2. The summed E-state index contributed by atoms with van der Waals surface area (Å²) in [6.07, 6.45) is 1.79. The van der Waals surface area contributed by atoms with Gasteiger partial charge in [-0.1, -0.05) is 11.6 Å². The predicted octanol–water partition coefficient (Wildman–Crippen LogP) is 2.35. The van der Waals surface area contributed by atoms with Crippen LogP contribution in [0.4, 0.5) is 4.39 Å². The summed E-state index contributed by atoms with van der Waals surface area (Å²) in [5, 5.41) is 6.40. The van der Waals surface area contributed by atoms with Gasteiger partial charge in [0.1, 0.15) is 5.82 Å². The second kappa shape index (κ2) is 5.67. The van der Waals surface area contributed by atoms with Crippen molar-refractivity contribution in [1.29, 1.82) is 0 Å². The zero-order valence-corrected chi connectivity index (χ0v) is 10.9. The van der Waals surface area contributed by atoms with Gasteiger partial charge in [0.2, 0.25) is 0 Å². The number of nitrogens with one attached hydrogen (secondary N) is 2. The maximum Gasteiger partial charge on any atom is 0.253 e. The molecule has 2 N–H and O–H groups in total. The van der Waals surface area contributed by atoms with Crippen molar-refractivity contribution in [3.05, 3.63) is 34.6 Å². The van der Waals surface area contributed by atoms with E-state index >= 15 is 0 Å². The molecule has 1 aliphatic heterocycles. The summed E-state index contributed by atoms with van der Waals surface area (Å²) in [7, 11) is 0. The molecule has 0 spiro atoms. The van der Waals surface area contributed by atoms with E-state index in [1.807, 2.05) is 0 Å². The number of benzene rings is 1. The zero-order chi connectivity index (χ0) is 13.1. The summed E-state index contributed by atoms with van der Waals surface area (Å²) >= 11 is 5.86. The molecule has 5 heteroatoms. The van der Waals surface area contributed by atoms with Crippen LogP contribution < -0.4 is 10.6 Å². The van der Waals surface area contributed by atoms with E-state index in [4.69, 9.17) is 11.6 Å². The summed E-state index contributed by atoms with van der Waals surface area (Å²) in [5.74, 6) is -0.675. The van der Waals surface area contributed by atoms with Gasteiger partial charge < -0.3 is 10.6 Å². The van der Waals surface area contributed by atoms with Crippen LogP contribution >= 0.6 is 11.6 Å². The van der Waals surface area contributed by atoms with Gasteiger partial charge in [0.15, 0.2) is 0 Å². The van der Waals surface area contributed by atoms with E-state index in [2.05, 4.69) is 17.6 Å². The molecule has 1 heterocycles. The van der Waals surface area contributed by atoms with Crippen LogP contribution in [0.15, 0.2) is 18.2 Å². The van der Waals surface area contributed by atoms with Gasteiger partial charge in [-0.15, -0.1) is 0 Å². The number of carbonyl (C=O) groups is 1. The molecule has 0 aliphatic carbocycles. The van der Waals surface area contributed by atoms with Gasteiger partial charge in [-0.25, -0.2) is 4.39 Å². The SMILES string of the molecule is CC1CC(NC(=O)c2ccc(F)cc2Cl)CCN1. The second-order valence-corrected chi connectivity index (χ2v) is 5.08. The molecule has 3 nitrogen and oxygen atoms in total. The molecule has 1 aromatic carbocycles.